The Bertz CT molecular complexity index is 240. The van der Waals surface area contributed by atoms with Crippen LogP contribution in [0.2, 0.25) is 0 Å². The summed E-state index contributed by atoms with van der Waals surface area (Å²) in [5.74, 6) is 2.47. The van der Waals surface area contributed by atoms with Crippen molar-refractivity contribution in [3.8, 4) is 0 Å². The summed E-state index contributed by atoms with van der Waals surface area (Å²) in [5, 5.41) is 0. The van der Waals surface area contributed by atoms with Crippen LogP contribution in [0.25, 0.3) is 0 Å². The fourth-order valence-corrected chi connectivity index (χ4v) is 3.85. The Morgan fingerprint density at radius 2 is 2.12 bits per heavy atom. The van der Waals surface area contributed by atoms with Crippen LogP contribution in [-0.4, -0.2) is 43.8 Å². The summed E-state index contributed by atoms with van der Waals surface area (Å²) in [4.78, 5) is 2.65. The number of fused-ring (bicyclic) bond motifs is 1. The second-order valence-corrected chi connectivity index (χ2v) is 5.97. The van der Waals surface area contributed by atoms with Gasteiger partial charge in [0.1, 0.15) is 0 Å². The summed E-state index contributed by atoms with van der Waals surface area (Å²) in [6.45, 7) is 5.76. The van der Waals surface area contributed by atoms with Crippen molar-refractivity contribution in [1.29, 1.82) is 0 Å². The Balaban J connectivity index is 1.54. The third kappa shape index (κ3) is 2.13. The van der Waals surface area contributed by atoms with Gasteiger partial charge >= 0.3 is 0 Å². The number of nitrogens with zero attached hydrogens (tertiary/aromatic N) is 1. The molecule has 2 heterocycles. The van der Waals surface area contributed by atoms with Gasteiger partial charge in [0.25, 0.3) is 0 Å². The first kappa shape index (κ1) is 11.0. The molecule has 92 valence electrons. The Morgan fingerprint density at radius 1 is 1.19 bits per heavy atom. The highest BCUT2D eigenvalue weighted by molar-refractivity contribution is 4.93. The molecule has 1 saturated carbocycles. The van der Waals surface area contributed by atoms with E-state index in [0.717, 1.165) is 31.0 Å². The fraction of sp³-hybridized carbons (Fsp3) is 1.00. The number of likely N-dealkylation sites (tertiary alicyclic amines) is 1. The van der Waals surface area contributed by atoms with Crippen molar-refractivity contribution in [2.45, 2.75) is 31.7 Å². The summed E-state index contributed by atoms with van der Waals surface area (Å²) in [5.41, 5.74) is 6.24. The van der Waals surface area contributed by atoms with Crippen molar-refractivity contribution in [2.75, 3.05) is 32.8 Å². The van der Waals surface area contributed by atoms with Crippen LogP contribution in [0.15, 0.2) is 0 Å². The van der Waals surface area contributed by atoms with Gasteiger partial charge in [0, 0.05) is 32.3 Å². The topological polar surface area (TPSA) is 38.5 Å². The van der Waals surface area contributed by atoms with E-state index in [-0.39, 0.29) is 0 Å². The van der Waals surface area contributed by atoms with E-state index in [1.165, 1.54) is 45.3 Å². The van der Waals surface area contributed by atoms with Gasteiger partial charge in [0.2, 0.25) is 0 Å². The van der Waals surface area contributed by atoms with Gasteiger partial charge in [-0.25, -0.2) is 0 Å². The summed E-state index contributed by atoms with van der Waals surface area (Å²) in [6.07, 6.45) is 5.28. The molecule has 0 aromatic carbocycles. The lowest BCUT2D eigenvalue weighted by atomic mass is 9.78. The van der Waals surface area contributed by atoms with Crippen LogP contribution in [0.1, 0.15) is 25.7 Å². The molecule has 4 unspecified atom stereocenters. The highest BCUT2D eigenvalue weighted by atomic mass is 16.5. The van der Waals surface area contributed by atoms with Gasteiger partial charge in [-0.05, 0) is 37.0 Å². The van der Waals surface area contributed by atoms with E-state index in [9.17, 15) is 0 Å². The molecule has 2 saturated heterocycles. The molecule has 3 fully saturated rings. The van der Waals surface area contributed by atoms with Crippen molar-refractivity contribution in [1.82, 2.24) is 4.90 Å². The fourth-order valence-electron chi connectivity index (χ4n) is 3.85. The molecule has 3 nitrogen and oxygen atoms in total. The van der Waals surface area contributed by atoms with E-state index >= 15 is 0 Å². The van der Waals surface area contributed by atoms with Crippen LogP contribution < -0.4 is 5.73 Å². The first-order valence-electron chi connectivity index (χ1n) is 6.88. The number of hydrogen-bond donors (Lipinski definition) is 1. The lowest BCUT2D eigenvalue weighted by molar-refractivity contribution is 0.172. The molecule has 3 rings (SSSR count). The zero-order valence-electron chi connectivity index (χ0n) is 10.1. The second-order valence-electron chi connectivity index (χ2n) is 5.97. The van der Waals surface area contributed by atoms with Crippen LogP contribution in [0.3, 0.4) is 0 Å². The maximum absolute atomic E-state index is 6.24. The molecule has 16 heavy (non-hydrogen) atoms. The molecular formula is C13H24N2O. The molecule has 2 N–H and O–H groups in total. The van der Waals surface area contributed by atoms with Gasteiger partial charge in [-0.1, -0.05) is 6.42 Å². The van der Waals surface area contributed by atoms with Crippen LogP contribution in [0.4, 0.5) is 0 Å². The molecular weight excluding hydrogens is 200 g/mol. The first-order chi connectivity index (χ1) is 7.83. The molecule has 0 spiro atoms. The maximum atomic E-state index is 6.24. The van der Waals surface area contributed by atoms with Crippen molar-refractivity contribution < 1.29 is 4.74 Å². The van der Waals surface area contributed by atoms with E-state index < -0.39 is 0 Å². The number of rotatable bonds is 2. The number of ether oxygens (including phenoxy) is 1. The molecule has 3 heteroatoms. The minimum atomic E-state index is 0.476. The average molecular weight is 224 g/mol. The van der Waals surface area contributed by atoms with Crippen molar-refractivity contribution >= 4 is 0 Å². The molecule has 2 aliphatic heterocycles. The van der Waals surface area contributed by atoms with Gasteiger partial charge in [-0.15, -0.1) is 0 Å². The molecule has 0 radical (unpaired) electrons. The van der Waals surface area contributed by atoms with Crippen molar-refractivity contribution in [2.24, 2.45) is 23.5 Å². The Kier molecular flexibility index (Phi) is 3.18. The summed E-state index contributed by atoms with van der Waals surface area (Å²) in [6, 6.07) is 0.476. The number of nitrogens with two attached hydrogens (primary N) is 1. The molecule has 3 aliphatic rings. The SMILES string of the molecule is NC1CCCC2CN(CC3CCOC3)CC12. The summed E-state index contributed by atoms with van der Waals surface area (Å²) < 4.78 is 5.46. The Morgan fingerprint density at radius 3 is 2.88 bits per heavy atom. The zero-order chi connectivity index (χ0) is 11.0. The quantitative estimate of drug-likeness (QED) is 0.763. The zero-order valence-corrected chi connectivity index (χ0v) is 10.1. The predicted molar refractivity (Wildman–Crippen MR) is 64.2 cm³/mol. The van der Waals surface area contributed by atoms with Crippen molar-refractivity contribution in [3.05, 3.63) is 0 Å². The molecule has 4 atom stereocenters. The van der Waals surface area contributed by atoms with E-state index in [2.05, 4.69) is 4.90 Å². The molecule has 0 bridgehead atoms. The van der Waals surface area contributed by atoms with Gasteiger partial charge < -0.3 is 15.4 Å². The van der Waals surface area contributed by atoms with Crippen LogP contribution in [-0.2, 0) is 4.74 Å². The van der Waals surface area contributed by atoms with Crippen LogP contribution >= 0.6 is 0 Å². The van der Waals surface area contributed by atoms with E-state index in [4.69, 9.17) is 10.5 Å². The van der Waals surface area contributed by atoms with E-state index in [1.54, 1.807) is 0 Å². The van der Waals surface area contributed by atoms with Gasteiger partial charge in [-0.2, -0.15) is 0 Å². The van der Waals surface area contributed by atoms with E-state index in [0.29, 0.717) is 6.04 Å². The van der Waals surface area contributed by atoms with E-state index in [1.807, 2.05) is 0 Å². The monoisotopic (exact) mass is 224 g/mol. The average Bonchev–Trinajstić information content (AvgIpc) is 2.88. The normalized spacial score (nSPS) is 44.8. The summed E-state index contributed by atoms with van der Waals surface area (Å²) in [7, 11) is 0. The largest absolute Gasteiger partial charge is 0.381 e. The lowest BCUT2D eigenvalue weighted by Gasteiger charge is -2.29. The smallest absolute Gasteiger partial charge is 0.0507 e. The highest BCUT2D eigenvalue weighted by Gasteiger charge is 2.39. The predicted octanol–water partition coefficient (Wildman–Crippen LogP) is 1.08. The van der Waals surface area contributed by atoms with Gasteiger partial charge in [-0.3, -0.25) is 0 Å². The third-order valence-electron chi connectivity index (χ3n) is 4.77. The molecule has 0 aromatic heterocycles. The molecule has 0 amide bonds. The Labute approximate surface area is 98.3 Å². The summed E-state index contributed by atoms with van der Waals surface area (Å²) >= 11 is 0. The maximum Gasteiger partial charge on any atom is 0.0507 e. The minimum absolute atomic E-state index is 0.476. The molecule has 0 aromatic rings. The van der Waals surface area contributed by atoms with Crippen LogP contribution in [0.5, 0.6) is 0 Å². The third-order valence-corrected chi connectivity index (χ3v) is 4.77. The highest BCUT2D eigenvalue weighted by Crippen LogP contribution is 2.36. The van der Waals surface area contributed by atoms with Crippen LogP contribution in [0, 0.1) is 17.8 Å². The lowest BCUT2D eigenvalue weighted by Crippen LogP contribution is -2.38. The molecule has 1 aliphatic carbocycles. The Hall–Kier alpha value is -0.120. The van der Waals surface area contributed by atoms with Gasteiger partial charge in [0.15, 0.2) is 0 Å². The minimum Gasteiger partial charge on any atom is -0.381 e. The standard InChI is InChI=1S/C13H24N2O/c14-13-3-1-2-11-7-15(8-12(11)13)6-10-4-5-16-9-10/h10-13H,1-9,14H2. The first-order valence-corrected chi connectivity index (χ1v) is 6.88. The van der Waals surface area contributed by atoms with Gasteiger partial charge in [0.05, 0.1) is 6.61 Å². The second kappa shape index (κ2) is 4.63. The number of hydrogen-bond acceptors (Lipinski definition) is 3. The van der Waals surface area contributed by atoms with Crippen molar-refractivity contribution in [3.63, 3.8) is 0 Å².